The number of carbonyl (C=O) groups excluding carboxylic acids is 1. The lowest BCUT2D eigenvalue weighted by atomic mass is 9.95. The zero-order valence-corrected chi connectivity index (χ0v) is 41.5. The van der Waals surface area contributed by atoms with Gasteiger partial charge < -0.3 is 38.8 Å². The van der Waals surface area contributed by atoms with Crippen LogP contribution in [0.2, 0.25) is 5.02 Å². The van der Waals surface area contributed by atoms with Gasteiger partial charge in [0.15, 0.2) is 5.82 Å². The van der Waals surface area contributed by atoms with Crippen LogP contribution in [0.15, 0.2) is 48.5 Å². The molecule has 14 nitrogen and oxygen atoms in total. The molecule has 1 N–H and O–H groups in total. The van der Waals surface area contributed by atoms with E-state index in [0.29, 0.717) is 37.3 Å². The van der Waals surface area contributed by atoms with Gasteiger partial charge in [-0.05, 0) is 102 Å². The first-order valence-electron chi connectivity index (χ1n) is 23.9. The molecule has 4 aliphatic rings. The first-order valence-corrected chi connectivity index (χ1v) is 24.3. The Bertz CT molecular complexity index is 2730. The van der Waals surface area contributed by atoms with E-state index in [1.165, 1.54) is 21.1 Å². The fourth-order valence-electron chi connectivity index (χ4n) is 10.6. The molecule has 0 aliphatic carbocycles. The Morgan fingerprint density at radius 3 is 2.23 bits per heavy atom. The number of methoxy groups -OCH3 is 2. The van der Waals surface area contributed by atoms with E-state index >= 15 is 17.6 Å². The second-order valence-electron chi connectivity index (χ2n) is 20.0. The summed E-state index contributed by atoms with van der Waals surface area (Å²) in [5, 5.41) is 2.70. The number of fused-ring (bicyclic) bond motifs is 3. The van der Waals surface area contributed by atoms with Crippen LogP contribution >= 0.6 is 11.6 Å². The molecule has 2 bridgehead atoms. The number of carbonyl (C=O) groups is 1. The molecule has 5 atom stereocenters. The quantitative estimate of drug-likeness (QED) is 0.126. The first kappa shape index (κ1) is 50.0. The largest absolute Gasteiger partial charge is 0.497 e. The van der Waals surface area contributed by atoms with Crippen LogP contribution in [0.5, 0.6) is 23.4 Å². The number of halogens is 6. The molecule has 3 saturated heterocycles. The van der Waals surface area contributed by atoms with E-state index in [1.807, 2.05) is 29.2 Å². The maximum absolute atomic E-state index is 18.1. The summed E-state index contributed by atoms with van der Waals surface area (Å²) in [5.74, 6) is -0.395. The zero-order valence-electron chi connectivity index (χ0n) is 40.8. The molecule has 1 amide bonds. The fraction of sp³-hybridized carbons (Fsp3) is 0.510. The standard InChI is InChI=1S/C51H58ClF5N8O6/c1-28-21-33-13-14-34(65(33)48(66)71-49(3,4)5)23-58-44-38-43(61-47(62-44)69-27-50-19-8-20-64(50)26-32(53)22-50)41(54)42(60-46(38)70-28)37-39(51(55,56)57)29(2)59-45(40(37)52)63(24-30-9-15-35(67-6)16-10-30)25-31-11-17-36(68-7)18-12-31/h9-12,15-18,28,32-34H,8,13-14,19-27H2,1-7H3,(H,58,61,62)/t28-,32+,33-,34+,50-/m0/s1. The number of anilines is 2. The monoisotopic (exact) mass is 1010 g/mol. The number of amides is 1. The molecular formula is C51H58ClF5N8O6. The molecular weight excluding hydrogens is 951 g/mol. The van der Waals surface area contributed by atoms with Gasteiger partial charge in [-0.15, -0.1) is 0 Å². The summed E-state index contributed by atoms with van der Waals surface area (Å²) in [4.78, 5) is 37.7. The summed E-state index contributed by atoms with van der Waals surface area (Å²) in [6.45, 7) is 9.53. The first-order chi connectivity index (χ1) is 33.7. The van der Waals surface area contributed by atoms with Gasteiger partial charge in [-0.3, -0.25) is 4.90 Å². The van der Waals surface area contributed by atoms with Crippen molar-refractivity contribution in [1.29, 1.82) is 0 Å². The molecule has 0 saturated carbocycles. The summed E-state index contributed by atoms with van der Waals surface area (Å²) in [6.07, 6.45) is -4.25. The molecule has 9 rings (SSSR count). The van der Waals surface area contributed by atoms with E-state index < -0.39 is 80.6 Å². The van der Waals surface area contributed by atoms with Crippen LogP contribution in [0, 0.1) is 12.7 Å². The van der Waals surface area contributed by atoms with Crippen molar-refractivity contribution in [2.75, 3.05) is 50.7 Å². The third-order valence-electron chi connectivity index (χ3n) is 13.8. The zero-order chi connectivity index (χ0) is 50.6. The van der Waals surface area contributed by atoms with Gasteiger partial charge in [0.25, 0.3) is 0 Å². The highest BCUT2D eigenvalue weighted by Gasteiger charge is 2.50. The van der Waals surface area contributed by atoms with Crippen molar-refractivity contribution in [3.05, 3.63) is 81.8 Å². The predicted molar refractivity (Wildman–Crippen MR) is 258 cm³/mol. The van der Waals surface area contributed by atoms with Gasteiger partial charge in [0, 0.05) is 50.6 Å². The molecule has 3 aromatic heterocycles. The Morgan fingerprint density at radius 1 is 0.958 bits per heavy atom. The molecule has 7 heterocycles. The number of pyridine rings is 2. The van der Waals surface area contributed by atoms with Crippen molar-refractivity contribution < 1.29 is 50.4 Å². The summed E-state index contributed by atoms with van der Waals surface area (Å²) in [6, 6.07) is 13.2. The van der Waals surface area contributed by atoms with Crippen molar-refractivity contribution in [1.82, 2.24) is 29.7 Å². The molecule has 71 heavy (non-hydrogen) atoms. The van der Waals surface area contributed by atoms with Crippen LogP contribution in [0.4, 0.5) is 38.4 Å². The van der Waals surface area contributed by atoms with Crippen LogP contribution in [0.1, 0.15) is 88.6 Å². The number of benzene rings is 2. The lowest BCUT2D eigenvalue weighted by Gasteiger charge is -2.33. The fourth-order valence-corrected chi connectivity index (χ4v) is 11.0. The van der Waals surface area contributed by atoms with Gasteiger partial charge in [-0.25, -0.2) is 23.5 Å². The maximum Gasteiger partial charge on any atom is 0.418 e. The SMILES string of the molecule is COc1ccc(CN(Cc2ccc(OC)cc2)c2nc(C)c(C(F)(F)F)c(-c3nc4c5c(nc(OC[C@@]67CCCN6C[C@H](F)C7)nc5c3F)NC[C@H]3CC[C@@H](C[C@H](C)O4)N3C(=O)OC(C)(C)C)c2Cl)cc1. The van der Waals surface area contributed by atoms with Crippen molar-refractivity contribution in [2.24, 2.45) is 0 Å². The Morgan fingerprint density at radius 2 is 1.61 bits per heavy atom. The Kier molecular flexibility index (Phi) is 13.8. The number of aryl methyl sites for hydroxylation is 1. The molecule has 2 aromatic carbocycles. The normalized spacial score (nSPS) is 22.4. The van der Waals surface area contributed by atoms with Gasteiger partial charge in [0.1, 0.15) is 58.1 Å². The van der Waals surface area contributed by atoms with E-state index in [-0.39, 0.29) is 80.6 Å². The molecule has 5 aromatic rings. The van der Waals surface area contributed by atoms with E-state index in [0.717, 1.165) is 17.5 Å². The lowest BCUT2D eigenvalue weighted by molar-refractivity contribution is -0.137. The topological polar surface area (TPSA) is 137 Å². The average molecular weight is 1010 g/mol. The molecule has 0 spiro atoms. The van der Waals surface area contributed by atoms with Crippen molar-refractivity contribution in [3.63, 3.8) is 0 Å². The number of nitrogens with zero attached hydrogens (tertiary/aromatic N) is 7. The van der Waals surface area contributed by atoms with E-state index in [1.54, 1.807) is 61.8 Å². The summed E-state index contributed by atoms with van der Waals surface area (Å²) in [7, 11) is 3.08. The summed E-state index contributed by atoms with van der Waals surface area (Å²) < 4.78 is 109. The number of alkyl halides is 4. The van der Waals surface area contributed by atoms with Crippen LogP contribution in [-0.2, 0) is 24.0 Å². The second kappa shape index (κ2) is 19.6. The number of ether oxygens (including phenoxy) is 5. The van der Waals surface area contributed by atoms with Gasteiger partial charge in [-0.1, -0.05) is 35.9 Å². The molecule has 380 valence electrons. The highest BCUT2D eigenvalue weighted by Crippen LogP contribution is 2.49. The van der Waals surface area contributed by atoms with Crippen molar-refractivity contribution >= 4 is 40.2 Å². The minimum absolute atomic E-state index is 0.00843. The van der Waals surface area contributed by atoms with Gasteiger partial charge in [-0.2, -0.15) is 23.1 Å². The Balaban J connectivity index is 1.22. The number of aromatic nitrogens is 4. The van der Waals surface area contributed by atoms with E-state index in [4.69, 9.17) is 40.3 Å². The van der Waals surface area contributed by atoms with Gasteiger partial charge >= 0.3 is 18.3 Å². The number of rotatable bonds is 11. The van der Waals surface area contributed by atoms with Crippen LogP contribution < -0.4 is 29.2 Å². The highest BCUT2D eigenvalue weighted by molar-refractivity contribution is 6.36. The van der Waals surface area contributed by atoms with E-state index in [9.17, 15) is 9.18 Å². The second-order valence-corrected chi connectivity index (χ2v) is 20.4. The van der Waals surface area contributed by atoms with Gasteiger partial charge in [0.05, 0.1) is 48.2 Å². The van der Waals surface area contributed by atoms with Crippen LogP contribution in [0.3, 0.4) is 0 Å². The smallest absolute Gasteiger partial charge is 0.418 e. The number of hydrogen-bond acceptors (Lipinski definition) is 13. The highest BCUT2D eigenvalue weighted by atomic mass is 35.5. The van der Waals surface area contributed by atoms with Crippen LogP contribution in [-0.4, -0.2) is 112 Å². The third kappa shape index (κ3) is 10.3. The lowest BCUT2D eigenvalue weighted by Crippen LogP contribution is -2.47. The number of hydrogen-bond donors (Lipinski definition) is 1. The van der Waals surface area contributed by atoms with Crippen LogP contribution in [0.25, 0.3) is 22.2 Å². The summed E-state index contributed by atoms with van der Waals surface area (Å²) in [5.41, 5.74) is -3.77. The third-order valence-corrected chi connectivity index (χ3v) is 14.2. The molecule has 0 unspecified atom stereocenters. The molecule has 4 aliphatic heterocycles. The van der Waals surface area contributed by atoms with E-state index in [2.05, 4.69) is 20.3 Å². The Labute approximate surface area is 414 Å². The maximum atomic E-state index is 18.1. The predicted octanol–water partition coefficient (Wildman–Crippen LogP) is 10.7. The van der Waals surface area contributed by atoms with Crippen molar-refractivity contribution in [2.45, 2.75) is 128 Å². The average Bonchev–Trinajstić information content (AvgIpc) is 3.99. The van der Waals surface area contributed by atoms with Crippen molar-refractivity contribution in [3.8, 4) is 34.6 Å². The molecule has 0 radical (unpaired) electrons. The summed E-state index contributed by atoms with van der Waals surface area (Å²) >= 11 is 7.27. The Hall–Kier alpha value is -5.95. The molecule has 20 heteroatoms. The van der Waals surface area contributed by atoms with Gasteiger partial charge in [0.2, 0.25) is 5.88 Å². The minimum atomic E-state index is -5.11. The molecule has 3 fully saturated rings. The minimum Gasteiger partial charge on any atom is -0.497 e. The number of nitrogens with one attached hydrogen (secondary N) is 1.